The van der Waals surface area contributed by atoms with Crippen molar-refractivity contribution in [3.63, 3.8) is 0 Å². The molecule has 2 heterocycles. The van der Waals surface area contributed by atoms with Gasteiger partial charge in [-0.2, -0.15) is 0 Å². The fourth-order valence-corrected chi connectivity index (χ4v) is 3.24. The van der Waals surface area contributed by atoms with E-state index >= 15 is 0 Å². The summed E-state index contributed by atoms with van der Waals surface area (Å²) in [5.74, 6) is 0.898. The second kappa shape index (κ2) is 5.83. The summed E-state index contributed by atoms with van der Waals surface area (Å²) >= 11 is 0. The van der Waals surface area contributed by atoms with Gasteiger partial charge in [0, 0.05) is 13.0 Å². The van der Waals surface area contributed by atoms with Crippen LogP contribution in [0.3, 0.4) is 0 Å². The summed E-state index contributed by atoms with van der Waals surface area (Å²) in [6.07, 6.45) is 3.77. The second-order valence-electron chi connectivity index (χ2n) is 6.14. The number of para-hydroxylation sites is 2. The molecule has 2 aromatic rings. The SMILES string of the molecule is CC1CC[NH+](CCCn2c(=O)[nH]c3ccccc32)CC1. The van der Waals surface area contributed by atoms with Gasteiger partial charge in [-0.3, -0.25) is 4.57 Å². The van der Waals surface area contributed by atoms with Gasteiger partial charge >= 0.3 is 5.69 Å². The van der Waals surface area contributed by atoms with Crippen LogP contribution in [0.1, 0.15) is 26.2 Å². The Morgan fingerprint density at radius 3 is 2.85 bits per heavy atom. The molecule has 0 aliphatic carbocycles. The van der Waals surface area contributed by atoms with Crippen LogP contribution in [-0.2, 0) is 6.54 Å². The highest BCUT2D eigenvalue weighted by molar-refractivity contribution is 5.74. The molecule has 0 bridgehead atoms. The van der Waals surface area contributed by atoms with Crippen molar-refractivity contribution in [1.29, 1.82) is 0 Å². The molecule has 0 radical (unpaired) electrons. The number of aromatic amines is 1. The predicted molar refractivity (Wildman–Crippen MR) is 81.1 cm³/mol. The van der Waals surface area contributed by atoms with Crippen LogP contribution in [0.5, 0.6) is 0 Å². The lowest BCUT2D eigenvalue weighted by molar-refractivity contribution is -0.906. The lowest BCUT2D eigenvalue weighted by atomic mass is 9.99. The normalized spacial score (nSPS) is 23.2. The van der Waals surface area contributed by atoms with Crippen LogP contribution in [-0.4, -0.2) is 29.2 Å². The molecule has 3 rings (SSSR count). The minimum absolute atomic E-state index is 0.0217. The third kappa shape index (κ3) is 2.80. The van der Waals surface area contributed by atoms with Crippen LogP contribution in [0.15, 0.2) is 29.1 Å². The van der Waals surface area contributed by atoms with E-state index in [0.29, 0.717) is 0 Å². The van der Waals surface area contributed by atoms with Crippen molar-refractivity contribution in [2.75, 3.05) is 19.6 Å². The number of aromatic nitrogens is 2. The monoisotopic (exact) mass is 274 g/mol. The largest absolute Gasteiger partial charge is 0.335 e. The van der Waals surface area contributed by atoms with E-state index in [4.69, 9.17) is 0 Å². The summed E-state index contributed by atoms with van der Waals surface area (Å²) in [6.45, 7) is 6.94. The number of imidazole rings is 1. The number of quaternary nitrogens is 1. The first-order valence-electron chi connectivity index (χ1n) is 7.75. The van der Waals surface area contributed by atoms with Gasteiger partial charge in [-0.05, 0) is 30.9 Å². The third-order valence-electron chi connectivity index (χ3n) is 4.58. The summed E-state index contributed by atoms with van der Waals surface area (Å²) < 4.78 is 1.88. The van der Waals surface area contributed by atoms with Gasteiger partial charge in [0.05, 0.1) is 30.7 Å². The number of H-pyrrole nitrogens is 1. The van der Waals surface area contributed by atoms with Crippen molar-refractivity contribution in [3.05, 3.63) is 34.7 Å². The molecule has 0 amide bonds. The number of likely N-dealkylation sites (tertiary alicyclic amines) is 1. The molecule has 4 heteroatoms. The predicted octanol–water partition coefficient (Wildman–Crippen LogP) is 1.03. The molecule has 0 unspecified atom stereocenters. The molecular formula is C16H24N3O+. The number of aryl methyl sites for hydroxylation is 1. The number of nitrogens with zero attached hydrogens (tertiary/aromatic N) is 1. The van der Waals surface area contributed by atoms with Gasteiger partial charge < -0.3 is 9.88 Å². The first-order chi connectivity index (χ1) is 9.74. The molecular weight excluding hydrogens is 250 g/mol. The molecule has 108 valence electrons. The molecule has 1 aliphatic heterocycles. The van der Waals surface area contributed by atoms with Crippen molar-refractivity contribution >= 4 is 11.0 Å². The van der Waals surface area contributed by atoms with E-state index in [9.17, 15) is 4.79 Å². The molecule has 0 saturated carbocycles. The maximum Gasteiger partial charge on any atom is 0.326 e. The van der Waals surface area contributed by atoms with Crippen LogP contribution in [0.2, 0.25) is 0 Å². The van der Waals surface area contributed by atoms with Crippen LogP contribution in [0.4, 0.5) is 0 Å². The summed E-state index contributed by atoms with van der Waals surface area (Å²) in [5, 5.41) is 0. The van der Waals surface area contributed by atoms with Crippen molar-refractivity contribution < 1.29 is 4.90 Å². The van der Waals surface area contributed by atoms with Crippen LogP contribution in [0, 0.1) is 5.92 Å². The number of hydrogen-bond acceptors (Lipinski definition) is 1. The van der Waals surface area contributed by atoms with Gasteiger partial charge in [0.25, 0.3) is 0 Å². The molecule has 1 aliphatic rings. The van der Waals surface area contributed by atoms with E-state index < -0.39 is 0 Å². The zero-order chi connectivity index (χ0) is 13.9. The Morgan fingerprint density at radius 2 is 2.05 bits per heavy atom. The Morgan fingerprint density at radius 1 is 1.30 bits per heavy atom. The third-order valence-corrected chi connectivity index (χ3v) is 4.58. The second-order valence-corrected chi connectivity index (χ2v) is 6.14. The Hall–Kier alpha value is -1.55. The Kier molecular flexibility index (Phi) is 3.92. The van der Waals surface area contributed by atoms with E-state index in [1.807, 2.05) is 28.8 Å². The quantitative estimate of drug-likeness (QED) is 0.859. The van der Waals surface area contributed by atoms with E-state index in [1.54, 1.807) is 4.90 Å². The number of fused-ring (bicyclic) bond motifs is 1. The lowest BCUT2D eigenvalue weighted by Gasteiger charge is -2.27. The van der Waals surface area contributed by atoms with E-state index in [2.05, 4.69) is 11.9 Å². The minimum Gasteiger partial charge on any atom is -0.335 e. The Labute approximate surface area is 119 Å². The molecule has 0 atom stereocenters. The molecule has 0 spiro atoms. The summed E-state index contributed by atoms with van der Waals surface area (Å²) in [7, 11) is 0. The molecule has 1 aromatic heterocycles. The van der Waals surface area contributed by atoms with Gasteiger partial charge in [-0.1, -0.05) is 19.1 Å². The first-order valence-corrected chi connectivity index (χ1v) is 7.75. The molecule has 1 saturated heterocycles. The van der Waals surface area contributed by atoms with Crippen LogP contribution < -0.4 is 10.6 Å². The molecule has 4 nitrogen and oxygen atoms in total. The summed E-state index contributed by atoms with van der Waals surface area (Å²) in [6, 6.07) is 7.93. The zero-order valence-corrected chi connectivity index (χ0v) is 12.2. The fourth-order valence-electron chi connectivity index (χ4n) is 3.24. The van der Waals surface area contributed by atoms with E-state index in [1.165, 1.54) is 32.5 Å². The van der Waals surface area contributed by atoms with E-state index in [-0.39, 0.29) is 5.69 Å². The number of nitrogens with one attached hydrogen (secondary N) is 2. The Bertz CT molecular complexity index is 620. The lowest BCUT2D eigenvalue weighted by Crippen LogP contribution is -3.13. The number of hydrogen-bond donors (Lipinski definition) is 2. The molecule has 1 fully saturated rings. The molecule has 2 N–H and O–H groups in total. The van der Waals surface area contributed by atoms with Gasteiger partial charge in [-0.15, -0.1) is 0 Å². The van der Waals surface area contributed by atoms with Crippen molar-refractivity contribution in [1.82, 2.24) is 9.55 Å². The fraction of sp³-hybridized carbons (Fsp3) is 0.562. The average Bonchev–Trinajstić information content (AvgIpc) is 2.77. The standard InChI is InChI=1S/C16H23N3O/c1-13-7-11-18(12-8-13)9-4-10-19-15-6-3-2-5-14(15)17-16(19)20/h2-3,5-6,13H,4,7-12H2,1H3,(H,17,20)/p+1. The minimum atomic E-state index is 0.0217. The van der Waals surface area contributed by atoms with Crippen LogP contribution in [0.25, 0.3) is 11.0 Å². The number of piperidine rings is 1. The smallest absolute Gasteiger partial charge is 0.326 e. The maximum absolute atomic E-state index is 12.0. The van der Waals surface area contributed by atoms with Crippen molar-refractivity contribution in [3.8, 4) is 0 Å². The highest BCUT2D eigenvalue weighted by Crippen LogP contribution is 2.09. The van der Waals surface area contributed by atoms with E-state index in [0.717, 1.165) is 29.9 Å². The average molecular weight is 274 g/mol. The molecule has 20 heavy (non-hydrogen) atoms. The first kappa shape index (κ1) is 13.4. The number of rotatable bonds is 4. The summed E-state index contributed by atoms with van der Waals surface area (Å²) in [5.41, 5.74) is 1.99. The summed E-state index contributed by atoms with van der Waals surface area (Å²) in [4.78, 5) is 16.6. The highest BCUT2D eigenvalue weighted by atomic mass is 16.1. The van der Waals surface area contributed by atoms with Crippen LogP contribution >= 0.6 is 0 Å². The van der Waals surface area contributed by atoms with Gasteiger partial charge in [0.15, 0.2) is 0 Å². The van der Waals surface area contributed by atoms with Gasteiger partial charge in [-0.25, -0.2) is 4.79 Å². The van der Waals surface area contributed by atoms with Crippen molar-refractivity contribution in [2.45, 2.75) is 32.7 Å². The highest BCUT2D eigenvalue weighted by Gasteiger charge is 2.18. The molecule has 1 aromatic carbocycles. The van der Waals surface area contributed by atoms with Gasteiger partial charge in [0.1, 0.15) is 0 Å². The van der Waals surface area contributed by atoms with Gasteiger partial charge in [0.2, 0.25) is 0 Å². The Balaban J connectivity index is 1.60. The number of benzene rings is 1. The zero-order valence-electron chi connectivity index (χ0n) is 12.2. The maximum atomic E-state index is 12.0. The topological polar surface area (TPSA) is 42.2 Å². The van der Waals surface area contributed by atoms with Crippen molar-refractivity contribution in [2.24, 2.45) is 5.92 Å².